The van der Waals surface area contributed by atoms with Crippen molar-refractivity contribution in [3.05, 3.63) is 46.0 Å². The summed E-state index contributed by atoms with van der Waals surface area (Å²) >= 11 is 0. The van der Waals surface area contributed by atoms with Gasteiger partial charge in [-0.05, 0) is 30.2 Å². The molecule has 1 saturated carbocycles. The molecule has 1 aliphatic carbocycles. The second-order valence-corrected chi connectivity index (χ2v) is 4.79. The van der Waals surface area contributed by atoms with Crippen LogP contribution in [-0.2, 0) is 0 Å². The summed E-state index contributed by atoms with van der Waals surface area (Å²) in [7, 11) is 0. The Labute approximate surface area is 107 Å². The van der Waals surface area contributed by atoms with Gasteiger partial charge in [0.25, 0.3) is 5.92 Å². The second-order valence-electron chi connectivity index (χ2n) is 4.79. The van der Waals surface area contributed by atoms with E-state index in [9.17, 15) is 8.78 Å². The van der Waals surface area contributed by atoms with Gasteiger partial charge in [0.05, 0.1) is 5.92 Å². The monoisotopic (exact) mass is 263 g/mol. The van der Waals surface area contributed by atoms with E-state index in [1.54, 1.807) is 31.2 Å². The molecule has 2 aromatic rings. The number of aryl methyl sites for hydroxylation is 1. The largest absolute Gasteiger partial charge is 0.461 e. The van der Waals surface area contributed by atoms with Crippen molar-refractivity contribution in [2.45, 2.75) is 18.8 Å². The number of nitrogens with zero attached hydrogens (tertiary/aromatic N) is 3. The second kappa shape index (κ2) is 3.96. The Morgan fingerprint density at radius 2 is 2.26 bits per heavy atom. The summed E-state index contributed by atoms with van der Waals surface area (Å²) in [6.07, 6.45) is 0. The average Bonchev–Trinajstić information content (AvgIpc) is 2.70. The lowest BCUT2D eigenvalue weighted by molar-refractivity contribution is 0.0948. The molecule has 1 fully saturated rings. The first kappa shape index (κ1) is 12.0. The zero-order chi connectivity index (χ0) is 13.6. The fourth-order valence-electron chi connectivity index (χ4n) is 2.65. The van der Waals surface area contributed by atoms with Crippen molar-refractivity contribution in [3.8, 4) is 0 Å². The van der Waals surface area contributed by atoms with Crippen molar-refractivity contribution in [1.29, 1.82) is 0 Å². The van der Waals surface area contributed by atoms with Crippen LogP contribution in [0.1, 0.15) is 17.2 Å². The van der Waals surface area contributed by atoms with E-state index < -0.39 is 17.8 Å². The fourth-order valence-corrected chi connectivity index (χ4v) is 2.65. The topological polar surface area (TPSA) is 61.9 Å². The van der Waals surface area contributed by atoms with Crippen LogP contribution in [0.3, 0.4) is 0 Å². The first-order valence-electron chi connectivity index (χ1n) is 5.93. The molecule has 19 heavy (non-hydrogen) atoms. The number of furan rings is 1. The highest BCUT2D eigenvalue weighted by molar-refractivity contribution is 5.83. The Morgan fingerprint density at radius 1 is 1.47 bits per heavy atom. The van der Waals surface area contributed by atoms with Crippen LogP contribution in [-0.4, -0.2) is 12.5 Å². The molecule has 98 valence electrons. The van der Waals surface area contributed by atoms with Crippen LogP contribution in [0.25, 0.3) is 21.4 Å². The Morgan fingerprint density at radius 3 is 3.00 bits per heavy atom. The third-order valence-electron chi connectivity index (χ3n) is 3.60. The number of hydrogen-bond donors (Lipinski definition) is 0. The lowest BCUT2D eigenvalue weighted by Crippen LogP contribution is -1.96. The maximum absolute atomic E-state index is 13.8. The SMILES string of the molecule is Cc1cc2c(C3C(CN=[N+]=[N-])C3(F)F)cccc2o1. The molecule has 4 nitrogen and oxygen atoms in total. The number of rotatable bonds is 3. The van der Waals surface area contributed by atoms with Crippen molar-refractivity contribution in [3.63, 3.8) is 0 Å². The van der Waals surface area contributed by atoms with Crippen LogP contribution in [0.2, 0.25) is 0 Å². The van der Waals surface area contributed by atoms with Crippen LogP contribution < -0.4 is 0 Å². The summed E-state index contributed by atoms with van der Waals surface area (Å²) in [5.41, 5.74) is 9.42. The highest BCUT2D eigenvalue weighted by Gasteiger charge is 2.68. The zero-order valence-corrected chi connectivity index (χ0v) is 10.2. The zero-order valence-electron chi connectivity index (χ0n) is 10.2. The van der Waals surface area contributed by atoms with Gasteiger partial charge in [0.15, 0.2) is 0 Å². The van der Waals surface area contributed by atoms with Gasteiger partial charge in [-0.1, -0.05) is 17.2 Å². The molecule has 0 saturated heterocycles. The summed E-state index contributed by atoms with van der Waals surface area (Å²) in [6.45, 7) is 1.60. The minimum atomic E-state index is -2.81. The summed E-state index contributed by atoms with van der Waals surface area (Å²) in [6, 6.07) is 6.92. The fraction of sp³-hybridized carbons (Fsp3) is 0.385. The van der Waals surface area contributed by atoms with Gasteiger partial charge in [0.1, 0.15) is 11.3 Å². The molecule has 2 atom stereocenters. The van der Waals surface area contributed by atoms with Gasteiger partial charge in [-0.25, -0.2) is 8.78 Å². The molecule has 6 heteroatoms. The van der Waals surface area contributed by atoms with E-state index in [2.05, 4.69) is 10.0 Å². The third kappa shape index (κ3) is 1.76. The highest BCUT2D eigenvalue weighted by Crippen LogP contribution is 2.62. The van der Waals surface area contributed by atoms with E-state index in [1.165, 1.54) is 0 Å². The van der Waals surface area contributed by atoms with Crippen LogP contribution in [0.5, 0.6) is 0 Å². The quantitative estimate of drug-likeness (QED) is 0.460. The molecular formula is C13H11F2N3O. The summed E-state index contributed by atoms with van der Waals surface area (Å²) < 4.78 is 33.0. The van der Waals surface area contributed by atoms with E-state index in [0.29, 0.717) is 22.3 Å². The first-order chi connectivity index (χ1) is 9.05. The average molecular weight is 263 g/mol. The minimum absolute atomic E-state index is 0.179. The summed E-state index contributed by atoms with van der Waals surface area (Å²) in [4.78, 5) is 2.55. The Bertz CT molecular complexity index is 688. The van der Waals surface area contributed by atoms with Gasteiger partial charge in [0, 0.05) is 22.8 Å². The van der Waals surface area contributed by atoms with Gasteiger partial charge < -0.3 is 4.42 Å². The molecule has 1 aliphatic rings. The minimum Gasteiger partial charge on any atom is -0.461 e. The van der Waals surface area contributed by atoms with E-state index in [-0.39, 0.29) is 6.54 Å². The Kier molecular flexibility index (Phi) is 2.50. The molecule has 1 heterocycles. The normalized spacial score (nSPS) is 24.2. The van der Waals surface area contributed by atoms with Gasteiger partial charge in [-0.3, -0.25) is 0 Å². The van der Waals surface area contributed by atoms with Gasteiger partial charge in [-0.15, -0.1) is 0 Å². The predicted molar refractivity (Wildman–Crippen MR) is 66.1 cm³/mol. The molecule has 1 aromatic carbocycles. The van der Waals surface area contributed by atoms with Gasteiger partial charge in [-0.2, -0.15) is 0 Å². The molecular weight excluding hydrogens is 252 g/mol. The summed E-state index contributed by atoms with van der Waals surface area (Å²) in [5, 5.41) is 3.98. The molecule has 1 aromatic heterocycles. The highest BCUT2D eigenvalue weighted by atomic mass is 19.3. The van der Waals surface area contributed by atoms with E-state index in [0.717, 1.165) is 0 Å². The molecule has 0 radical (unpaired) electrons. The molecule has 3 rings (SSSR count). The first-order valence-corrected chi connectivity index (χ1v) is 5.93. The maximum Gasteiger partial charge on any atom is 0.259 e. The molecule has 0 bridgehead atoms. The van der Waals surface area contributed by atoms with Crippen LogP contribution in [0, 0.1) is 12.8 Å². The van der Waals surface area contributed by atoms with Crippen LogP contribution in [0.4, 0.5) is 8.78 Å². The number of fused-ring (bicyclic) bond motifs is 1. The van der Waals surface area contributed by atoms with Crippen molar-refractivity contribution >= 4 is 11.0 Å². The summed E-state index contributed by atoms with van der Waals surface area (Å²) in [5.74, 6) is -3.92. The molecule has 0 spiro atoms. The van der Waals surface area contributed by atoms with Gasteiger partial charge in [0.2, 0.25) is 0 Å². The lowest BCUT2D eigenvalue weighted by atomic mass is 10.0. The standard InChI is InChI=1S/C13H11F2N3O/c1-7-5-9-8(3-2-4-11(9)19-7)12-10(6-17-18-16)13(12,14)15/h2-5,10,12H,6H2,1H3. The predicted octanol–water partition coefficient (Wildman–Crippen LogP) is 4.40. The Hall–Kier alpha value is -2.07. The number of hydrogen-bond acceptors (Lipinski definition) is 2. The molecule has 0 amide bonds. The number of azide groups is 1. The Balaban J connectivity index is 2.03. The van der Waals surface area contributed by atoms with E-state index in [1.807, 2.05) is 0 Å². The number of benzene rings is 1. The van der Waals surface area contributed by atoms with E-state index in [4.69, 9.17) is 9.95 Å². The molecule has 0 N–H and O–H groups in total. The molecule has 0 aliphatic heterocycles. The number of alkyl halides is 2. The van der Waals surface area contributed by atoms with Crippen LogP contribution >= 0.6 is 0 Å². The van der Waals surface area contributed by atoms with Crippen molar-refractivity contribution in [2.75, 3.05) is 6.54 Å². The van der Waals surface area contributed by atoms with E-state index >= 15 is 0 Å². The smallest absolute Gasteiger partial charge is 0.259 e. The van der Waals surface area contributed by atoms with Crippen LogP contribution in [0.15, 0.2) is 33.8 Å². The third-order valence-corrected chi connectivity index (χ3v) is 3.60. The number of halogens is 2. The van der Waals surface area contributed by atoms with Gasteiger partial charge >= 0.3 is 0 Å². The van der Waals surface area contributed by atoms with Crippen molar-refractivity contribution in [1.82, 2.24) is 0 Å². The molecule has 2 unspecified atom stereocenters. The van der Waals surface area contributed by atoms with Crippen molar-refractivity contribution in [2.24, 2.45) is 11.0 Å². The maximum atomic E-state index is 13.8. The lowest BCUT2D eigenvalue weighted by Gasteiger charge is -2.00. The van der Waals surface area contributed by atoms with Crippen molar-refractivity contribution < 1.29 is 13.2 Å².